The van der Waals surface area contributed by atoms with Crippen LogP contribution in [0, 0.1) is 18.7 Å². The third-order valence-electron chi connectivity index (χ3n) is 5.01. The van der Waals surface area contributed by atoms with E-state index in [0.717, 1.165) is 36.4 Å². The van der Waals surface area contributed by atoms with E-state index in [2.05, 4.69) is 19.2 Å². The first-order valence-corrected chi connectivity index (χ1v) is 8.07. The van der Waals surface area contributed by atoms with Crippen molar-refractivity contribution in [3.05, 3.63) is 35.1 Å². The average molecular weight is 293 g/mol. The Morgan fingerprint density at radius 1 is 1.38 bits per heavy atom. The maximum absolute atomic E-state index is 13.7. The molecule has 1 aromatic carbocycles. The van der Waals surface area contributed by atoms with Crippen LogP contribution >= 0.6 is 0 Å². The normalized spacial score (nSPS) is 27.6. The lowest BCUT2D eigenvalue weighted by Crippen LogP contribution is -2.48. The van der Waals surface area contributed by atoms with Gasteiger partial charge in [-0.25, -0.2) is 4.39 Å². The molecule has 1 saturated carbocycles. The summed E-state index contributed by atoms with van der Waals surface area (Å²) in [5.41, 5.74) is 1.94. The lowest BCUT2D eigenvalue weighted by Gasteiger charge is -2.45. The smallest absolute Gasteiger partial charge is 0.123 e. The van der Waals surface area contributed by atoms with E-state index in [-0.39, 0.29) is 17.5 Å². The minimum absolute atomic E-state index is 0.0516. The number of ether oxygens (including phenoxy) is 1. The molecule has 0 bridgehead atoms. The Labute approximate surface area is 128 Å². The van der Waals surface area contributed by atoms with Gasteiger partial charge in [0.2, 0.25) is 0 Å². The molecule has 1 aliphatic rings. The topological polar surface area (TPSA) is 21.3 Å². The molecule has 0 aromatic heterocycles. The number of halogens is 1. The second kappa shape index (κ2) is 6.89. The maximum Gasteiger partial charge on any atom is 0.123 e. The largest absolute Gasteiger partial charge is 0.376 e. The molecule has 2 rings (SSSR count). The summed E-state index contributed by atoms with van der Waals surface area (Å²) in [4.78, 5) is 0. The van der Waals surface area contributed by atoms with Crippen LogP contribution in [-0.4, -0.2) is 19.3 Å². The minimum Gasteiger partial charge on any atom is -0.376 e. The number of aryl methyl sites for hydroxylation is 1. The van der Waals surface area contributed by atoms with E-state index >= 15 is 0 Å². The fourth-order valence-corrected chi connectivity index (χ4v) is 3.57. The van der Waals surface area contributed by atoms with Gasteiger partial charge in [-0.15, -0.1) is 0 Å². The van der Waals surface area contributed by atoms with Crippen LogP contribution in [0.5, 0.6) is 0 Å². The van der Waals surface area contributed by atoms with E-state index in [4.69, 9.17) is 4.74 Å². The second-order valence-electron chi connectivity index (χ2n) is 6.44. The minimum atomic E-state index is -0.221. The van der Waals surface area contributed by atoms with Crippen LogP contribution in [0.4, 0.5) is 4.39 Å². The van der Waals surface area contributed by atoms with Crippen LogP contribution in [0.3, 0.4) is 0 Å². The van der Waals surface area contributed by atoms with Crippen LogP contribution in [0.25, 0.3) is 0 Å². The summed E-state index contributed by atoms with van der Waals surface area (Å²) in [5, 5.41) is 3.55. The molecule has 1 atom stereocenters. The third kappa shape index (κ3) is 3.46. The van der Waals surface area contributed by atoms with Crippen molar-refractivity contribution in [2.45, 2.75) is 58.1 Å². The van der Waals surface area contributed by atoms with Gasteiger partial charge in [-0.1, -0.05) is 19.9 Å². The maximum atomic E-state index is 13.7. The lowest BCUT2D eigenvalue weighted by atomic mass is 9.72. The molecule has 0 saturated heterocycles. The van der Waals surface area contributed by atoms with Crippen molar-refractivity contribution in [2.24, 2.45) is 5.92 Å². The number of likely N-dealkylation sites (N-methyl/N-ethyl adjacent to an activating group) is 1. The van der Waals surface area contributed by atoms with Gasteiger partial charge in [0.25, 0.3) is 0 Å². The van der Waals surface area contributed by atoms with Crippen molar-refractivity contribution in [1.82, 2.24) is 5.32 Å². The van der Waals surface area contributed by atoms with Gasteiger partial charge in [-0.3, -0.25) is 0 Å². The lowest BCUT2D eigenvalue weighted by molar-refractivity contribution is -0.0759. The highest BCUT2D eigenvalue weighted by Crippen LogP contribution is 2.43. The molecule has 0 heterocycles. The third-order valence-corrected chi connectivity index (χ3v) is 5.01. The molecule has 3 heteroatoms. The Morgan fingerprint density at radius 3 is 2.62 bits per heavy atom. The zero-order valence-corrected chi connectivity index (χ0v) is 13.7. The predicted octanol–water partition coefficient (Wildman–Crippen LogP) is 4.38. The fourth-order valence-electron chi connectivity index (χ4n) is 3.57. The summed E-state index contributed by atoms with van der Waals surface area (Å²) in [6.45, 7) is 7.29. The highest BCUT2D eigenvalue weighted by molar-refractivity contribution is 5.32. The first-order chi connectivity index (χ1) is 10.0. The standard InChI is InChI=1S/C18H28FNO/c1-5-20-17(16-12-15(19)7-6-14(16)3)18(21-4)10-8-13(2)9-11-18/h6-7,12-13,17,20H,5,8-11H2,1-4H3. The first kappa shape index (κ1) is 16.4. The Hall–Kier alpha value is -0.930. The van der Waals surface area contributed by atoms with Crippen molar-refractivity contribution in [2.75, 3.05) is 13.7 Å². The van der Waals surface area contributed by atoms with E-state index < -0.39 is 0 Å². The molecular formula is C18H28FNO. The first-order valence-electron chi connectivity index (χ1n) is 8.07. The summed E-state index contributed by atoms with van der Waals surface area (Å²) < 4.78 is 19.7. The summed E-state index contributed by atoms with van der Waals surface area (Å²) in [6.07, 6.45) is 4.39. The van der Waals surface area contributed by atoms with Gasteiger partial charge in [0.15, 0.2) is 0 Å². The van der Waals surface area contributed by atoms with E-state index in [1.54, 1.807) is 13.2 Å². The zero-order valence-electron chi connectivity index (χ0n) is 13.7. The summed E-state index contributed by atoms with van der Waals surface area (Å²) in [7, 11) is 1.80. The molecule has 1 N–H and O–H groups in total. The van der Waals surface area contributed by atoms with Crippen LogP contribution in [0.1, 0.15) is 56.7 Å². The number of nitrogens with one attached hydrogen (secondary N) is 1. The Bertz CT molecular complexity index is 466. The molecule has 21 heavy (non-hydrogen) atoms. The van der Waals surface area contributed by atoms with Crippen LogP contribution in [0.2, 0.25) is 0 Å². The number of methoxy groups -OCH3 is 1. The van der Waals surface area contributed by atoms with E-state index in [1.807, 2.05) is 13.0 Å². The predicted molar refractivity (Wildman–Crippen MR) is 84.9 cm³/mol. The molecule has 1 aliphatic carbocycles. The van der Waals surface area contributed by atoms with E-state index in [1.165, 1.54) is 18.9 Å². The molecule has 0 amide bonds. The van der Waals surface area contributed by atoms with Gasteiger partial charge in [-0.2, -0.15) is 0 Å². The summed E-state index contributed by atoms with van der Waals surface area (Å²) in [6, 6.07) is 5.12. The molecule has 2 nitrogen and oxygen atoms in total. The van der Waals surface area contributed by atoms with Crippen molar-refractivity contribution < 1.29 is 9.13 Å². The molecule has 0 aliphatic heterocycles. The second-order valence-corrected chi connectivity index (χ2v) is 6.44. The molecule has 1 unspecified atom stereocenters. The van der Waals surface area contributed by atoms with Gasteiger partial charge < -0.3 is 10.1 Å². The van der Waals surface area contributed by atoms with Crippen molar-refractivity contribution in [1.29, 1.82) is 0 Å². The number of hydrogen-bond acceptors (Lipinski definition) is 2. The molecule has 0 radical (unpaired) electrons. The van der Waals surface area contributed by atoms with Crippen LogP contribution in [-0.2, 0) is 4.74 Å². The van der Waals surface area contributed by atoms with Crippen molar-refractivity contribution >= 4 is 0 Å². The Kier molecular flexibility index (Phi) is 5.39. The van der Waals surface area contributed by atoms with Crippen LogP contribution in [0.15, 0.2) is 18.2 Å². The zero-order chi connectivity index (χ0) is 15.5. The highest BCUT2D eigenvalue weighted by atomic mass is 19.1. The number of benzene rings is 1. The van der Waals surface area contributed by atoms with Gasteiger partial charge in [0.05, 0.1) is 11.6 Å². The van der Waals surface area contributed by atoms with Crippen LogP contribution < -0.4 is 5.32 Å². The van der Waals surface area contributed by atoms with Crippen molar-refractivity contribution in [3.63, 3.8) is 0 Å². The summed E-state index contributed by atoms with van der Waals surface area (Å²) in [5.74, 6) is 0.582. The van der Waals surface area contributed by atoms with Gasteiger partial charge in [-0.05, 0) is 68.3 Å². The molecule has 1 aromatic rings. The highest BCUT2D eigenvalue weighted by Gasteiger charge is 2.42. The molecule has 118 valence electrons. The van der Waals surface area contributed by atoms with E-state index in [9.17, 15) is 4.39 Å². The van der Waals surface area contributed by atoms with Gasteiger partial charge in [0.1, 0.15) is 5.82 Å². The Balaban J connectivity index is 2.38. The average Bonchev–Trinajstić information content (AvgIpc) is 2.49. The molecular weight excluding hydrogens is 265 g/mol. The number of rotatable bonds is 5. The molecule has 0 spiro atoms. The van der Waals surface area contributed by atoms with Gasteiger partial charge in [0, 0.05) is 7.11 Å². The fraction of sp³-hybridized carbons (Fsp3) is 0.667. The SMILES string of the molecule is CCNC(c1cc(F)ccc1C)C1(OC)CCC(C)CC1. The Morgan fingerprint density at radius 2 is 2.05 bits per heavy atom. The van der Waals surface area contributed by atoms with E-state index in [0.29, 0.717) is 0 Å². The quantitative estimate of drug-likeness (QED) is 0.870. The molecule has 1 fully saturated rings. The number of hydrogen-bond donors (Lipinski definition) is 1. The van der Waals surface area contributed by atoms with Gasteiger partial charge >= 0.3 is 0 Å². The van der Waals surface area contributed by atoms with Crippen molar-refractivity contribution in [3.8, 4) is 0 Å². The monoisotopic (exact) mass is 293 g/mol. The summed E-state index contributed by atoms with van der Waals surface area (Å²) >= 11 is 0.